The number of fused-ring (bicyclic) bond motifs is 2. The highest BCUT2D eigenvalue weighted by Gasteiger charge is 2.52. The van der Waals surface area contributed by atoms with Crippen molar-refractivity contribution in [1.82, 2.24) is 63.0 Å². The van der Waals surface area contributed by atoms with E-state index in [0.29, 0.717) is 101 Å². The average molecular weight is 1280 g/mol. The summed E-state index contributed by atoms with van der Waals surface area (Å²) in [5.74, 6) is 7.54. The number of nitrogens with zero attached hydrogens (tertiary/aromatic N) is 2. The van der Waals surface area contributed by atoms with Crippen molar-refractivity contribution in [3.05, 3.63) is 144 Å². The van der Waals surface area contributed by atoms with Crippen molar-refractivity contribution in [2.24, 2.45) is 11.8 Å². The van der Waals surface area contributed by atoms with Gasteiger partial charge in [-0.15, -0.1) is 0 Å². The van der Waals surface area contributed by atoms with E-state index in [1.165, 1.54) is 0 Å². The summed E-state index contributed by atoms with van der Waals surface area (Å²) < 4.78 is 0. The molecule has 4 aromatic rings. The Morgan fingerprint density at radius 3 is 1.47 bits per heavy atom. The van der Waals surface area contributed by atoms with E-state index in [9.17, 15) is 28.8 Å². The Bertz CT molecular complexity index is 3290. The van der Waals surface area contributed by atoms with Crippen LogP contribution in [-0.4, -0.2) is 152 Å². The van der Waals surface area contributed by atoms with Crippen molar-refractivity contribution in [2.75, 3.05) is 40.3 Å². The van der Waals surface area contributed by atoms with Crippen LogP contribution in [0.5, 0.6) is 0 Å². The molecule has 0 unspecified atom stereocenters. The Kier molecular flexibility index (Phi) is 27.1. The molecule has 94 heavy (non-hydrogen) atoms. The Morgan fingerprint density at radius 2 is 0.957 bits per heavy atom. The zero-order valence-corrected chi connectivity index (χ0v) is 54.7. The van der Waals surface area contributed by atoms with Gasteiger partial charge in [0.2, 0.25) is 47.3 Å². The first kappa shape index (κ1) is 71.0. The fraction of sp³-hybridized carbons (Fsp3) is 0.493. The van der Waals surface area contributed by atoms with Crippen LogP contribution in [0.2, 0.25) is 0 Å². The standard InChI is InChI=1S/C73H94N12O9/c1-5-58(74-3)66(88)81-64-52(43-44-76-47-50-25-15-11-16-26-50)35-37-56-40-42-61(85(56)70(64)92)69(91)83-73(54-29-19-13-20-30-54,55-31-21-14-22-32-55)72(94)78-46-45-77-62(86)33-23-9-7-8-10-24-34-63(87)79-49-53-36-38-57-39-41-60(68(90)80-48-51-27-17-12-18-28-51)84(57)71(93)65(53)82-67(89)59(6-2)75-4/h11-22,25-32,52-53,56-61,64-65,74-76H,5-6,23-24,33-49H2,1-4H3,(H,77,86)(H,78,94)(H,79,87)(H,80,90)(H,81,88)(H,82,89)(H,83,91)/t52-,53-,56+,57+,58+,59+,60+,61+,64+,65+/m1/s1. The summed E-state index contributed by atoms with van der Waals surface area (Å²) in [6.07, 6.45) is 6.77. The van der Waals surface area contributed by atoms with E-state index in [0.717, 1.165) is 11.1 Å². The zero-order chi connectivity index (χ0) is 66.8. The summed E-state index contributed by atoms with van der Waals surface area (Å²) in [5, 5.41) is 30.6. The predicted octanol–water partition coefficient (Wildman–Crippen LogP) is 3.96. The van der Waals surface area contributed by atoms with Gasteiger partial charge in [0.1, 0.15) is 24.2 Å². The van der Waals surface area contributed by atoms with Gasteiger partial charge in [-0.3, -0.25) is 43.2 Å². The Balaban J connectivity index is 0.827. The SMILES string of the molecule is CC[C@H](NC)C(=O)N[C@@H]1C(=O)N2[C@@H](CC[C@@H]1CNC(=O)CCC#CC#CCCC(=O)NCCNC(=O)C(NC(=O)[C@@H]1CC[C@@H]3CC[C@H](CCNCc4ccccc4)[C@H](NC(=O)[C@H](CC)NC)C(=O)N31)(c1ccccc1)c1ccccc1)CC[C@H]2C(=O)NCc1ccccc1. The van der Waals surface area contributed by atoms with Crippen molar-refractivity contribution < 1.29 is 43.2 Å². The molecule has 4 fully saturated rings. The van der Waals surface area contributed by atoms with Crippen LogP contribution >= 0.6 is 0 Å². The first-order valence-corrected chi connectivity index (χ1v) is 33.6. The molecular weight excluding hydrogens is 1190 g/mol. The molecule has 500 valence electrons. The summed E-state index contributed by atoms with van der Waals surface area (Å²) >= 11 is 0. The topological polar surface area (TPSA) is 280 Å². The molecule has 4 aromatic carbocycles. The van der Waals surface area contributed by atoms with Crippen LogP contribution in [0, 0.1) is 35.5 Å². The van der Waals surface area contributed by atoms with Crippen LogP contribution in [0.15, 0.2) is 121 Å². The Morgan fingerprint density at radius 1 is 0.511 bits per heavy atom. The molecule has 0 spiro atoms. The van der Waals surface area contributed by atoms with Crippen molar-refractivity contribution in [3.8, 4) is 23.7 Å². The lowest BCUT2D eigenvalue weighted by Gasteiger charge is -2.38. The molecule has 8 rings (SSSR count). The molecule has 9 amide bonds. The van der Waals surface area contributed by atoms with E-state index < -0.39 is 59.5 Å². The van der Waals surface area contributed by atoms with Crippen LogP contribution in [-0.2, 0) is 61.8 Å². The summed E-state index contributed by atoms with van der Waals surface area (Å²) in [4.78, 5) is 130. The van der Waals surface area contributed by atoms with Crippen molar-refractivity contribution in [2.45, 2.75) is 177 Å². The molecule has 21 heteroatoms. The van der Waals surface area contributed by atoms with Gasteiger partial charge >= 0.3 is 0 Å². The predicted molar refractivity (Wildman–Crippen MR) is 359 cm³/mol. The van der Waals surface area contributed by atoms with E-state index >= 15 is 14.4 Å². The first-order chi connectivity index (χ1) is 45.7. The molecule has 4 heterocycles. The first-order valence-electron chi connectivity index (χ1n) is 33.6. The quantitative estimate of drug-likeness (QED) is 0.0263. The Labute approximate surface area is 553 Å². The number of carbonyl (C=O) groups is 9. The summed E-state index contributed by atoms with van der Waals surface area (Å²) in [5.41, 5.74) is 1.28. The molecule has 0 aromatic heterocycles. The van der Waals surface area contributed by atoms with Crippen molar-refractivity contribution in [1.29, 1.82) is 0 Å². The van der Waals surface area contributed by atoms with E-state index in [2.05, 4.69) is 89.0 Å². The highest BCUT2D eigenvalue weighted by molar-refractivity contribution is 6.00. The summed E-state index contributed by atoms with van der Waals surface area (Å²) in [6, 6.07) is 32.6. The van der Waals surface area contributed by atoms with Gasteiger partial charge in [-0.2, -0.15) is 0 Å². The second kappa shape index (κ2) is 36.0. The maximum atomic E-state index is 15.1. The van der Waals surface area contributed by atoms with Crippen molar-refractivity contribution in [3.63, 3.8) is 0 Å². The minimum Gasteiger partial charge on any atom is -0.356 e. The minimum absolute atomic E-state index is 0.0124. The van der Waals surface area contributed by atoms with Crippen LogP contribution in [0.3, 0.4) is 0 Å². The molecule has 0 aliphatic carbocycles. The molecule has 10 N–H and O–H groups in total. The fourth-order valence-corrected chi connectivity index (χ4v) is 13.6. The highest BCUT2D eigenvalue weighted by Crippen LogP contribution is 2.38. The van der Waals surface area contributed by atoms with Gasteiger partial charge in [0, 0.05) is 76.4 Å². The highest BCUT2D eigenvalue weighted by atomic mass is 16.2. The molecule has 4 aliphatic heterocycles. The summed E-state index contributed by atoms with van der Waals surface area (Å²) in [6.45, 7) is 5.60. The molecule has 4 saturated heterocycles. The third-order valence-electron chi connectivity index (χ3n) is 18.8. The number of benzene rings is 4. The molecule has 0 saturated carbocycles. The number of carbonyl (C=O) groups excluding carboxylic acids is 9. The number of hydrogen-bond acceptors (Lipinski definition) is 12. The van der Waals surface area contributed by atoms with Gasteiger partial charge in [-0.1, -0.05) is 147 Å². The number of nitrogens with one attached hydrogen (secondary N) is 10. The monoisotopic (exact) mass is 1280 g/mol. The number of likely N-dealkylation sites (N-methyl/N-ethyl adjacent to an activating group) is 2. The van der Waals surface area contributed by atoms with Gasteiger partial charge in [-0.25, -0.2) is 0 Å². The minimum atomic E-state index is -1.77. The fourth-order valence-electron chi connectivity index (χ4n) is 13.6. The number of hydrogen-bond donors (Lipinski definition) is 10. The van der Waals surface area contributed by atoms with Crippen LogP contribution in [0.4, 0.5) is 0 Å². The largest absolute Gasteiger partial charge is 0.356 e. The molecule has 0 radical (unpaired) electrons. The number of rotatable bonds is 30. The van der Waals surface area contributed by atoms with Gasteiger partial charge in [0.05, 0.1) is 12.1 Å². The lowest BCUT2D eigenvalue weighted by molar-refractivity contribution is -0.145. The van der Waals surface area contributed by atoms with E-state index in [1.807, 2.05) is 74.5 Å². The molecule has 21 nitrogen and oxygen atoms in total. The maximum absolute atomic E-state index is 15.1. The van der Waals surface area contributed by atoms with Gasteiger partial charge in [-0.05, 0) is 131 Å². The lowest BCUT2D eigenvalue weighted by atomic mass is 9.81. The Hall–Kier alpha value is -8.89. The molecule has 4 aliphatic rings. The van der Waals surface area contributed by atoms with Gasteiger partial charge in [0.25, 0.3) is 5.91 Å². The number of amides is 9. The van der Waals surface area contributed by atoms with E-state index in [4.69, 9.17) is 0 Å². The second-order valence-electron chi connectivity index (χ2n) is 24.8. The normalized spacial score (nSPS) is 21.4. The third kappa shape index (κ3) is 18.7. The van der Waals surface area contributed by atoms with Gasteiger partial charge < -0.3 is 63.0 Å². The second-order valence-corrected chi connectivity index (χ2v) is 24.8. The van der Waals surface area contributed by atoms with E-state index in [1.54, 1.807) is 72.4 Å². The molecule has 0 bridgehead atoms. The van der Waals surface area contributed by atoms with Crippen LogP contribution in [0.1, 0.15) is 132 Å². The van der Waals surface area contributed by atoms with Crippen LogP contribution in [0.25, 0.3) is 0 Å². The van der Waals surface area contributed by atoms with E-state index in [-0.39, 0.29) is 105 Å². The average Bonchev–Trinajstić information content (AvgIpc) is 1.17. The zero-order valence-electron chi connectivity index (χ0n) is 54.7. The van der Waals surface area contributed by atoms with Crippen LogP contribution < -0.4 is 53.2 Å². The third-order valence-corrected chi connectivity index (χ3v) is 18.8. The maximum Gasteiger partial charge on any atom is 0.255 e. The molecule has 10 atom stereocenters. The molecular formula is C73H94N12O9. The summed E-state index contributed by atoms with van der Waals surface area (Å²) in [7, 11) is 3.40. The van der Waals surface area contributed by atoms with Gasteiger partial charge in [0.15, 0.2) is 5.54 Å². The lowest BCUT2D eigenvalue weighted by Crippen LogP contribution is -2.62. The smallest absolute Gasteiger partial charge is 0.255 e. The van der Waals surface area contributed by atoms with Crippen molar-refractivity contribution >= 4 is 53.2 Å².